The Kier molecular flexibility index (Phi) is 23.9. The Morgan fingerprint density at radius 1 is 0.647 bits per heavy atom. The van der Waals surface area contributed by atoms with Crippen molar-refractivity contribution >= 4 is 11.9 Å². The molecule has 0 rings (SSSR count). The molecular weight excluding hydrogens is 424 g/mol. The molecule has 0 fully saturated rings. The molecule has 0 aromatic rings. The molecule has 34 heavy (non-hydrogen) atoms. The maximum Gasteiger partial charge on any atom is 0.345 e. The zero-order chi connectivity index (χ0) is 25.1. The third kappa shape index (κ3) is 23.1. The van der Waals surface area contributed by atoms with Crippen LogP contribution in [0.15, 0.2) is 48.6 Å². The van der Waals surface area contributed by atoms with Gasteiger partial charge in [0.1, 0.15) is 0 Å². The highest BCUT2D eigenvalue weighted by Gasteiger charge is 2.19. The van der Waals surface area contributed by atoms with E-state index in [9.17, 15) is 9.59 Å². The molecule has 0 aliphatic rings. The number of allylic oxidation sites excluding steroid dienone is 8. The third-order valence-corrected chi connectivity index (χ3v) is 5.64. The number of carboxylic acids is 1. The van der Waals surface area contributed by atoms with E-state index in [0.717, 1.165) is 44.9 Å². The van der Waals surface area contributed by atoms with Crippen LogP contribution in [-0.4, -0.2) is 23.1 Å². The Labute approximate surface area is 209 Å². The van der Waals surface area contributed by atoms with Crippen LogP contribution in [0.5, 0.6) is 0 Å². The average Bonchev–Trinajstić information content (AvgIpc) is 2.82. The van der Waals surface area contributed by atoms with Gasteiger partial charge in [-0.05, 0) is 51.4 Å². The van der Waals surface area contributed by atoms with Crippen LogP contribution in [0.25, 0.3) is 0 Å². The first-order chi connectivity index (χ1) is 16.6. The van der Waals surface area contributed by atoms with E-state index < -0.39 is 12.1 Å². The van der Waals surface area contributed by atoms with Gasteiger partial charge in [-0.3, -0.25) is 4.79 Å². The van der Waals surface area contributed by atoms with Crippen molar-refractivity contribution in [1.82, 2.24) is 0 Å². The predicted octanol–water partition coefficient (Wildman–Crippen LogP) is 8.88. The summed E-state index contributed by atoms with van der Waals surface area (Å²) in [7, 11) is 0. The van der Waals surface area contributed by atoms with Crippen LogP contribution in [-0.2, 0) is 14.3 Å². The van der Waals surface area contributed by atoms with Crippen molar-refractivity contribution in [3.8, 4) is 0 Å². The molecular formula is C30H50O4. The largest absolute Gasteiger partial charge is 0.479 e. The van der Waals surface area contributed by atoms with E-state index in [1.807, 2.05) is 0 Å². The van der Waals surface area contributed by atoms with Gasteiger partial charge in [-0.15, -0.1) is 0 Å². The molecule has 0 radical (unpaired) electrons. The maximum absolute atomic E-state index is 11.6. The number of aliphatic carboxylic acids is 1. The van der Waals surface area contributed by atoms with Crippen LogP contribution in [0.3, 0.4) is 0 Å². The lowest BCUT2D eigenvalue weighted by molar-refractivity contribution is -0.164. The molecule has 0 saturated carbocycles. The number of carboxylic acid groups (broad SMARTS) is 1. The predicted molar refractivity (Wildman–Crippen MR) is 144 cm³/mol. The van der Waals surface area contributed by atoms with Crippen LogP contribution in [0.4, 0.5) is 0 Å². The second kappa shape index (κ2) is 25.5. The number of hydrogen-bond acceptors (Lipinski definition) is 3. The minimum Gasteiger partial charge on any atom is -0.479 e. The third-order valence-electron chi connectivity index (χ3n) is 5.64. The molecule has 0 aliphatic carbocycles. The second-order valence-corrected chi connectivity index (χ2v) is 8.80. The molecule has 0 spiro atoms. The van der Waals surface area contributed by atoms with Gasteiger partial charge in [0, 0.05) is 6.42 Å². The van der Waals surface area contributed by atoms with Crippen molar-refractivity contribution in [3.05, 3.63) is 48.6 Å². The van der Waals surface area contributed by atoms with Gasteiger partial charge in [0.2, 0.25) is 0 Å². The first-order valence-corrected chi connectivity index (χ1v) is 13.6. The van der Waals surface area contributed by atoms with Gasteiger partial charge in [-0.2, -0.15) is 0 Å². The summed E-state index contributed by atoms with van der Waals surface area (Å²) in [5, 5.41) is 8.89. The number of ether oxygens (including phenoxy) is 1. The molecule has 194 valence electrons. The van der Waals surface area contributed by atoms with Crippen molar-refractivity contribution in [2.45, 2.75) is 129 Å². The summed E-state index contributed by atoms with van der Waals surface area (Å²) in [6, 6.07) is 0. The quantitative estimate of drug-likeness (QED) is 0.0912. The highest BCUT2D eigenvalue weighted by atomic mass is 16.6. The lowest BCUT2D eigenvalue weighted by atomic mass is 10.0. The summed E-state index contributed by atoms with van der Waals surface area (Å²) in [5.41, 5.74) is 0. The van der Waals surface area contributed by atoms with E-state index in [4.69, 9.17) is 9.84 Å². The fraction of sp³-hybridized carbons (Fsp3) is 0.667. The normalized spacial score (nSPS) is 13.0. The van der Waals surface area contributed by atoms with Crippen molar-refractivity contribution in [2.24, 2.45) is 0 Å². The summed E-state index contributed by atoms with van der Waals surface area (Å²) in [4.78, 5) is 22.5. The van der Waals surface area contributed by atoms with Gasteiger partial charge in [0.15, 0.2) is 6.10 Å². The van der Waals surface area contributed by atoms with Gasteiger partial charge in [0.05, 0.1) is 0 Å². The molecule has 0 heterocycles. The molecule has 0 amide bonds. The molecule has 0 aromatic heterocycles. The Morgan fingerprint density at radius 3 is 1.56 bits per heavy atom. The summed E-state index contributed by atoms with van der Waals surface area (Å²) in [6.45, 7) is 3.86. The Bertz CT molecular complexity index is 601. The molecule has 0 saturated heterocycles. The van der Waals surface area contributed by atoms with E-state index in [2.05, 4.69) is 55.5 Å². The van der Waals surface area contributed by atoms with Crippen molar-refractivity contribution in [1.29, 1.82) is 0 Å². The van der Waals surface area contributed by atoms with Crippen LogP contribution >= 0.6 is 0 Å². The van der Waals surface area contributed by atoms with Gasteiger partial charge >= 0.3 is 11.9 Å². The molecule has 1 atom stereocenters. The van der Waals surface area contributed by atoms with E-state index in [1.54, 1.807) is 6.92 Å². The SMILES string of the molecule is CC/C=C\C/C=C\C/C=C\C/C=C\CCCCCCCCCCCCC(=O)OC(CC)C(=O)O. The minimum atomic E-state index is -1.06. The first-order valence-electron chi connectivity index (χ1n) is 13.6. The molecule has 4 heteroatoms. The maximum atomic E-state index is 11.6. The fourth-order valence-electron chi connectivity index (χ4n) is 3.57. The lowest BCUT2D eigenvalue weighted by Gasteiger charge is -2.11. The summed E-state index contributed by atoms with van der Waals surface area (Å²) < 4.78 is 4.96. The Morgan fingerprint density at radius 2 is 1.09 bits per heavy atom. The van der Waals surface area contributed by atoms with Crippen LogP contribution in [0.2, 0.25) is 0 Å². The monoisotopic (exact) mass is 474 g/mol. The molecule has 1 N–H and O–H groups in total. The minimum absolute atomic E-state index is 0.311. The molecule has 0 bridgehead atoms. The summed E-state index contributed by atoms with van der Waals surface area (Å²) in [6.07, 6.45) is 34.9. The topological polar surface area (TPSA) is 63.6 Å². The van der Waals surface area contributed by atoms with Gasteiger partial charge in [-0.1, -0.05) is 114 Å². The van der Waals surface area contributed by atoms with Crippen molar-refractivity contribution < 1.29 is 19.4 Å². The number of carbonyl (C=O) groups is 2. The zero-order valence-electron chi connectivity index (χ0n) is 21.9. The van der Waals surface area contributed by atoms with Crippen LogP contribution in [0, 0.1) is 0 Å². The van der Waals surface area contributed by atoms with Gasteiger partial charge < -0.3 is 9.84 Å². The first kappa shape index (κ1) is 31.9. The van der Waals surface area contributed by atoms with E-state index in [-0.39, 0.29) is 5.97 Å². The highest BCUT2D eigenvalue weighted by Crippen LogP contribution is 2.13. The summed E-state index contributed by atoms with van der Waals surface area (Å²) >= 11 is 0. The number of unbranched alkanes of at least 4 members (excludes halogenated alkanes) is 10. The standard InChI is InChI=1S/C30H50O4/c1-3-5-6-7-8-9-10-11-12-13-14-15-16-17-18-19-20-21-22-23-24-25-26-27-29(31)34-28(4-2)30(32)33/h5-6,8-9,11-12,14-15,28H,3-4,7,10,13,16-27H2,1-2H3,(H,32,33)/b6-5-,9-8-,12-11-,15-14-. The fourth-order valence-corrected chi connectivity index (χ4v) is 3.57. The number of carbonyl (C=O) groups excluding carboxylic acids is 1. The number of rotatable bonds is 23. The lowest BCUT2D eigenvalue weighted by Crippen LogP contribution is -2.26. The highest BCUT2D eigenvalue weighted by molar-refractivity contribution is 5.77. The molecule has 4 nitrogen and oxygen atoms in total. The smallest absolute Gasteiger partial charge is 0.345 e. The van der Waals surface area contributed by atoms with E-state index in [0.29, 0.717) is 12.8 Å². The van der Waals surface area contributed by atoms with Gasteiger partial charge in [-0.25, -0.2) is 4.79 Å². The number of hydrogen-bond donors (Lipinski definition) is 1. The summed E-state index contributed by atoms with van der Waals surface area (Å²) in [5.74, 6) is -1.45. The zero-order valence-corrected chi connectivity index (χ0v) is 21.9. The molecule has 1 unspecified atom stereocenters. The van der Waals surface area contributed by atoms with Crippen molar-refractivity contribution in [2.75, 3.05) is 0 Å². The van der Waals surface area contributed by atoms with E-state index >= 15 is 0 Å². The Hall–Kier alpha value is -2.10. The molecule has 0 aliphatic heterocycles. The van der Waals surface area contributed by atoms with Gasteiger partial charge in [0.25, 0.3) is 0 Å². The van der Waals surface area contributed by atoms with Crippen LogP contribution < -0.4 is 0 Å². The second-order valence-electron chi connectivity index (χ2n) is 8.80. The average molecular weight is 475 g/mol. The van der Waals surface area contributed by atoms with Crippen LogP contribution in [0.1, 0.15) is 123 Å². The van der Waals surface area contributed by atoms with E-state index in [1.165, 1.54) is 51.4 Å². The Balaban J connectivity index is 3.37. The van der Waals surface area contributed by atoms with Crippen molar-refractivity contribution in [3.63, 3.8) is 0 Å². The number of esters is 1. The molecule has 0 aromatic carbocycles.